The van der Waals surface area contributed by atoms with Gasteiger partial charge < -0.3 is 29.0 Å². The second kappa shape index (κ2) is 11.8. The molecular formula is C27H35N2O6P. The average molecular weight is 515 g/mol. The number of benzene rings is 2. The fraction of sp³-hybridized carbons (Fsp3) is 0.519. The number of hydrogen-bond donors (Lipinski definition) is 1. The highest BCUT2D eigenvalue weighted by Crippen LogP contribution is 2.37. The Labute approximate surface area is 214 Å². The fourth-order valence-corrected chi connectivity index (χ4v) is 5.64. The summed E-state index contributed by atoms with van der Waals surface area (Å²) >= 11 is 0. The van der Waals surface area contributed by atoms with Crippen LogP contribution in [0.15, 0.2) is 42.5 Å². The van der Waals surface area contributed by atoms with Gasteiger partial charge in [0.1, 0.15) is 25.6 Å². The van der Waals surface area contributed by atoms with Crippen molar-refractivity contribution in [2.75, 3.05) is 46.6 Å². The van der Waals surface area contributed by atoms with Gasteiger partial charge in [-0.3, -0.25) is 4.90 Å². The van der Waals surface area contributed by atoms with E-state index in [9.17, 15) is 4.79 Å². The number of methoxy groups -OCH3 is 1. The molecule has 3 heterocycles. The highest BCUT2D eigenvalue weighted by Gasteiger charge is 2.41. The Morgan fingerprint density at radius 2 is 1.97 bits per heavy atom. The van der Waals surface area contributed by atoms with Gasteiger partial charge in [-0.1, -0.05) is 18.2 Å². The summed E-state index contributed by atoms with van der Waals surface area (Å²) in [4.78, 5) is 14.5. The van der Waals surface area contributed by atoms with Crippen LogP contribution in [0.3, 0.4) is 0 Å². The summed E-state index contributed by atoms with van der Waals surface area (Å²) in [5, 5.41) is 5.00. The van der Waals surface area contributed by atoms with Crippen LogP contribution >= 0.6 is 9.24 Å². The molecular weight excluding hydrogens is 479 g/mol. The summed E-state index contributed by atoms with van der Waals surface area (Å²) in [6.45, 7) is 3.49. The first kappa shape index (κ1) is 25.3. The number of ether oxygens (including phenoxy) is 5. The minimum Gasteiger partial charge on any atom is -0.494 e. The van der Waals surface area contributed by atoms with E-state index >= 15 is 0 Å². The molecule has 0 radical (unpaired) electrons. The van der Waals surface area contributed by atoms with Gasteiger partial charge in [-0.25, -0.2) is 4.79 Å². The molecule has 3 aliphatic rings. The van der Waals surface area contributed by atoms with E-state index in [1.807, 2.05) is 42.5 Å². The zero-order valence-electron chi connectivity index (χ0n) is 20.7. The molecule has 8 nitrogen and oxygen atoms in total. The van der Waals surface area contributed by atoms with Crippen molar-refractivity contribution < 1.29 is 28.5 Å². The molecule has 2 aromatic carbocycles. The highest BCUT2D eigenvalue weighted by molar-refractivity contribution is 7.27. The minimum absolute atomic E-state index is 0.00651. The standard InChI is InChI=1S/C27H35N2O6P/c1-31-26(30)17-35-27(18-4-9-24-25(15-18)34-14-13-33-24)22-16-29-11-2-3-23(29)21(28-22)10-12-32-19-5-7-20(36)8-6-19/h4-9,15,21-23,27-28H,2-3,10-14,16-17,36H2,1H3. The number of carbonyl (C=O) groups excluding carboxylic acids is 1. The molecule has 9 heteroatoms. The maximum absolute atomic E-state index is 12.0. The normalized spacial score (nSPS) is 24.1. The number of fused-ring (bicyclic) bond motifs is 2. The van der Waals surface area contributed by atoms with Crippen LogP contribution in [-0.4, -0.2) is 75.6 Å². The van der Waals surface area contributed by atoms with E-state index in [1.54, 1.807) is 0 Å². The molecule has 5 atom stereocenters. The molecule has 0 aromatic heterocycles. The second-order valence-electron chi connectivity index (χ2n) is 9.50. The SMILES string of the molecule is COC(=O)COC(c1ccc2c(c1)OCCO2)C1CN2CCCC2C(CCOc2ccc(P)cc2)N1. The number of nitrogens with one attached hydrogen (secondary N) is 1. The van der Waals surface area contributed by atoms with Crippen molar-refractivity contribution in [3.05, 3.63) is 48.0 Å². The molecule has 36 heavy (non-hydrogen) atoms. The van der Waals surface area contributed by atoms with Gasteiger partial charge >= 0.3 is 5.97 Å². The van der Waals surface area contributed by atoms with Gasteiger partial charge in [-0.15, -0.1) is 9.24 Å². The molecule has 2 aromatic rings. The predicted molar refractivity (Wildman–Crippen MR) is 139 cm³/mol. The first-order valence-electron chi connectivity index (χ1n) is 12.7. The molecule has 0 spiro atoms. The molecule has 0 aliphatic carbocycles. The number of rotatable bonds is 9. The molecule has 2 saturated heterocycles. The van der Waals surface area contributed by atoms with Crippen LogP contribution < -0.4 is 24.8 Å². The monoisotopic (exact) mass is 514 g/mol. The summed E-state index contributed by atoms with van der Waals surface area (Å²) in [6.07, 6.45) is 2.89. The minimum atomic E-state index is -0.395. The maximum atomic E-state index is 12.0. The molecule has 2 fully saturated rings. The first-order valence-corrected chi connectivity index (χ1v) is 13.2. The van der Waals surface area contributed by atoms with Crippen molar-refractivity contribution in [3.8, 4) is 17.2 Å². The Hall–Kier alpha value is -2.38. The zero-order chi connectivity index (χ0) is 24.9. The van der Waals surface area contributed by atoms with Crippen LogP contribution in [0.4, 0.5) is 0 Å². The molecule has 5 rings (SSSR count). The van der Waals surface area contributed by atoms with Crippen molar-refractivity contribution in [1.29, 1.82) is 0 Å². The van der Waals surface area contributed by atoms with Crippen LogP contribution in [0.2, 0.25) is 0 Å². The quantitative estimate of drug-likeness (QED) is 0.404. The Kier molecular flexibility index (Phi) is 8.27. The van der Waals surface area contributed by atoms with Gasteiger partial charge in [0.25, 0.3) is 0 Å². The third kappa shape index (κ3) is 5.94. The van der Waals surface area contributed by atoms with Crippen LogP contribution in [-0.2, 0) is 14.3 Å². The molecule has 0 amide bonds. The molecule has 194 valence electrons. The average Bonchev–Trinajstić information content (AvgIpc) is 3.39. The van der Waals surface area contributed by atoms with Gasteiger partial charge in [-0.2, -0.15) is 0 Å². The summed E-state index contributed by atoms with van der Waals surface area (Å²) < 4.78 is 28.6. The Morgan fingerprint density at radius 1 is 1.17 bits per heavy atom. The third-order valence-electron chi connectivity index (χ3n) is 7.18. The summed E-state index contributed by atoms with van der Waals surface area (Å²) in [6, 6.07) is 14.7. The topological polar surface area (TPSA) is 78.5 Å². The van der Waals surface area contributed by atoms with Crippen molar-refractivity contribution in [1.82, 2.24) is 10.2 Å². The molecule has 5 unspecified atom stereocenters. The van der Waals surface area contributed by atoms with E-state index in [0.29, 0.717) is 31.6 Å². The van der Waals surface area contributed by atoms with E-state index in [0.717, 1.165) is 41.9 Å². The van der Waals surface area contributed by atoms with Crippen LogP contribution in [0.25, 0.3) is 0 Å². The summed E-state index contributed by atoms with van der Waals surface area (Å²) in [5.74, 6) is 1.93. The van der Waals surface area contributed by atoms with Crippen molar-refractivity contribution >= 4 is 20.5 Å². The summed E-state index contributed by atoms with van der Waals surface area (Å²) in [5.41, 5.74) is 0.950. The van der Waals surface area contributed by atoms with Gasteiger partial charge in [0.2, 0.25) is 0 Å². The van der Waals surface area contributed by atoms with Crippen molar-refractivity contribution in [2.45, 2.75) is 43.5 Å². The van der Waals surface area contributed by atoms with E-state index < -0.39 is 5.97 Å². The molecule has 3 aliphatic heterocycles. The number of hydrogen-bond acceptors (Lipinski definition) is 8. The van der Waals surface area contributed by atoms with Crippen LogP contribution in [0.1, 0.15) is 30.9 Å². The van der Waals surface area contributed by atoms with Crippen molar-refractivity contribution in [2.24, 2.45) is 0 Å². The Bertz CT molecular complexity index is 1040. The van der Waals surface area contributed by atoms with E-state index in [-0.39, 0.29) is 24.8 Å². The lowest BCUT2D eigenvalue weighted by Crippen LogP contribution is -2.62. The van der Waals surface area contributed by atoms with E-state index in [1.165, 1.54) is 20.0 Å². The number of piperazine rings is 1. The lowest BCUT2D eigenvalue weighted by molar-refractivity contribution is -0.149. The number of nitrogens with zero attached hydrogens (tertiary/aromatic N) is 1. The van der Waals surface area contributed by atoms with Crippen LogP contribution in [0, 0.1) is 0 Å². The second-order valence-corrected chi connectivity index (χ2v) is 10.2. The fourth-order valence-electron chi connectivity index (χ4n) is 5.45. The van der Waals surface area contributed by atoms with E-state index in [4.69, 9.17) is 23.7 Å². The zero-order valence-corrected chi connectivity index (χ0v) is 21.8. The van der Waals surface area contributed by atoms with Crippen molar-refractivity contribution in [3.63, 3.8) is 0 Å². The summed E-state index contributed by atoms with van der Waals surface area (Å²) in [7, 11) is 4.07. The lowest BCUT2D eigenvalue weighted by Gasteiger charge is -2.44. The highest BCUT2D eigenvalue weighted by atomic mass is 31.0. The predicted octanol–water partition coefficient (Wildman–Crippen LogP) is 2.46. The van der Waals surface area contributed by atoms with Gasteiger partial charge in [-0.05, 0) is 60.9 Å². The molecule has 0 saturated carbocycles. The Morgan fingerprint density at radius 3 is 2.78 bits per heavy atom. The smallest absolute Gasteiger partial charge is 0.331 e. The largest absolute Gasteiger partial charge is 0.494 e. The van der Waals surface area contributed by atoms with Crippen LogP contribution in [0.5, 0.6) is 17.2 Å². The van der Waals surface area contributed by atoms with Gasteiger partial charge in [0.05, 0.1) is 25.9 Å². The molecule has 1 N–H and O–H groups in total. The Balaban J connectivity index is 1.32. The lowest BCUT2D eigenvalue weighted by atomic mass is 9.93. The molecule has 0 bridgehead atoms. The van der Waals surface area contributed by atoms with Gasteiger partial charge in [0.15, 0.2) is 11.5 Å². The number of carbonyl (C=O) groups is 1. The van der Waals surface area contributed by atoms with E-state index in [2.05, 4.69) is 19.5 Å². The maximum Gasteiger partial charge on any atom is 0.331 e. The first-order chi connectivity index (χ1) is 17.6. The van der Waals surface area contributed by atoms with Gasteiger partial charge in [0, 0.05) is 18.6 Å². The number of esters is 1. The third-order valence-corrected chi connectivity index (χ3v) is 7.57.